The van der Waals surface area contributed by atoms with Gasteiger partial charge in [0.15, 0.2) is 0 Å². The molecule has 0 aromatic heterocycles. The maximum Gasteiger partial charge on any atom is 0.326 e. The van der Waals surface area contributed by atoms with Crippen molar-refractivity contribution in [1.82, 2.24) is 26.6 Å². The third-order valence-electron chi connectivity index (χ3n) is 10.5. The van der Waals surface area contributed by atoms with Gasteiger partial charge in [0.05, 0.1) is 46.1 Å². The van der Waals surface area contributed by atoms with Crippen molar-refractivity contribution >= 4 is 59.3 Å². The zero-order valence-corrected chi connectivity index (χ0v) is 40.6. The van der Waals surface area contributed by atoms with Gasteiger partial charge in [-0.3, -0.25) is 38.4 Å². The van der Waals surface area contributed by atoms with Gasteiger partial charge in [-0.1, -0.05) is 77.0 Å². The van der Waals surface area contributed by atoms with Crippen molar-refractivity contribution in [2.24, 2.45) is 5.73 Å². The van der Waals surface area contributed by atoms with E-state index in [-0.39, 0.29) is 110 Å². The van der Waals surface area contributed by atoms with Crippen LogP contribution in [0.25, 0.3) is 0 Å². The van der Waals surface area contributed by atoms with Crippen LogP contribution in [0.1, 0.15) is 148 Å². The molecule has 0 aromatic rings. The molecule has 3 atom stereocenters. The summed E-state index contributed by atoms with van der Waals surface area (Å²) in [5.41, 5.74) is 4.94. The molecule has 0 saturated carbocycles. The maximum atomic E-state index is 12.7. The highest BCUT2D eigenvalue weighted by Gasteiger charge is 2.25. The topological polar surface area (TPSA) is 375 Å². The van der Waals surface area contributed by atoms with Gasteiger partial charge in [0, 0.05) is 51.2 Å². The molecular weight excluding hydrogens is 925 g/mol. The van der Waals surface area contributed by atoms with E-state index in [4.69, 9.17) is 29.8 Å². The second-order valence-electron chi connectivity index (χ2n) is 16.7. The molecule has 0 aromatic carbocycles. The number of amides is 6. The number of nitrogens with one attached hydrogen (secondary N) is 5. The average Bonchev–Trinajstić information content (AvgIpc) is 3.29. The summed E-state index contributed by atoms with van der Waals surface area (Å²) in [5, 5.41) is 49.6. The van der Waals surface area contributed by atoms with Gasteiger partial charge in [0.2, 0.25) is 35.4 Å². The van der Waals surface area contributed by atoms with Crippen molar-refractivity contribution in [3.63, 3.8) is 0 Å². The monoisotopic (exact) mass is 1000 g/mol. The van der Waals surface area contributed by atoms with Crippen LogP contribution >= 0.6 is 0 Å². The molecule has 0 aliphatic rings. The Hall–Kier alpha value is -5.46. The van der Waals surface area contributed by atoms with Gasteiger partial charge < -0.3 is 71.7 Å². The van der Waals surface area contributed by atoms with Gasteiger partial charge in [-0.25, -0.2) is 9.59 Å². The van der Waals surface area contributed by atoms with Gasteiger partial charge in [-0.05, 0) is 32.1 Å². The van der Waals surface area contributed by atoms with Crippen LogP contribution in [0.4, 0.5) is 0 Å². The number of rotatable bonds is 49. The smallest absolute Gasteiger partial charge is 0.326 e. The normalized spacial score (nSPS) is 12.2. The summed E-state index contributed by atoms with van der Waals surface area (Å²) in [4.78, 5) is 118. The molecule has 0 aliphatic carbocycles. The summed E-state index contributed by atoms with van der Waals surface area (Å²) >= 11 is 0. The fourth-order valence-corrected chi connectivity index (χ4v) is 6.77. The van der Waals surface area contributed by atoms with Gasteiger partial charge in [0.25, 0.3) is 0 Å². The molecule has 0 fully saturated rings. The predicted octanol–water partition coefficient (Wildman–Crippen LogP) is 1.54. The van der Waals surface area contributed by atoms with Crippen LogP contribution in [0.2, 0.25) is 0 Å². The van der Waals surface area contributed by atoms with Crippen LogP contribution in [0.3, 0.4) is 0 Å². The van der Waals surface area contributed by atoms with Crippen molar-refractivity contribution in [3.05, 3.63) is 0 Å². The number of carbonyl (C=O) groups excluding carboxylic acids is 6. The summed E-state index contributed by atoms with van der Waals surface area (Å²) < 4.78 is 20.7. The van der Waals surface area contributed by atoms with Crippen LogP contribution < -0.4 is 32.3 Å². The maximum absolute atomic E-state index is 12.7. The molecule has 0 radical (unpaired) electrons. The summed E-state index contributed by atoms with van der Waals surface area (Å²) in [6, 6.07) is -3.88. The number of hydrogen-bond acceptors (Lipinski definition) is 14. The number of primary amides is 1. The number of hydrogen-bond donors (Lipinski definition) is 10. The highest BCUT2D eigenvalue weighted by molar-refractivity contribution is 5.86. The van der Waals surface area contributed by atoms with Gasteiger partial charge in [-0.15, -0.1) is 0 Å². The largest absolute Gasteiger partial charge is 0.481 e. The van der Waals surface area contributed by atoms with Gasteiger partial charge in [-0.2, -0.15) is 0 Å². The van der Waals surface area contributed by atoms with Crippen LogP contribution in [-0.2, 0) is 66.9 Å². The Balaban J connectivity index is 4.31. The molecule has 0 heterocycles. The molecule has 402 valence electrons. The number of unbranched alkanes of at least 4 members (excludes halogenated alkanes) is 13. The van der Waals surface area contributed by atoms with E-state index >= 15 is 0 Å². The highest BCUT2D eigenvalue weighted by atomic mass is 16.5. The molecule has 11 N–H and O–H groups in total. The van der Waals surface area contributed by atoms with Crippen LogP contribution in [-0.4, -0.2) is 164 Å². The fourth-order valence-electron chi connectivity index (χ4n) is 6.77. The molecule has 0 saturated heterocycles. The third kappa shape index (κ3) is 42.6. The zero-order chi connectivity index (χ0) is 52.2. The molecular formula is C46H80N6O18. The van der Waals surface area contributed by atoms with E-state index in [1.54, 1.807) is 0 Å². The Bertz CT molecular complexity index is 1550. The minimum Gasteiger partial charge on any atom is -0.481 e. The van der Waals surface area contributed by atoms with Crippen molar-refractivity contribution in [3.8, 4) is 0 Å². The average molecular weight is 1010 g/mol. The van der Waals surface area contributed by atoms with E-state index in [0.29, 0.717) is 6.42 Å². The van der Waals surface area contributed by atoms with Gasteiger partial charge >= 0.3 is 23.9 Å². The summed E-state index contributed by atoms with van der Waals surface area (Å²) in [7, 11) is 0. The van der Waals surface area contributed by atoms with E-state index in [1.807, 2.05) is 0 Å². The van der Waals surface area contributed by atoms with Crippen molar-refractivity contribution in [2.75, 3.05) is 65.9 Å². The van der Waals surface area contributed by atoms with Crippen LogP contribution in [0.15, 0.2) is 0 Å². The first-order valence-electron chi connectivity index (χ1n) is 24.4. The number of ether oxygens (including phenoxy) is 4. The second-order valence-corrected chi connectivity index (χ2v) is 16.7. The summed E-state index contributed by atoms with van der Waals surface area (Å²) in [5.74, 6) is -8.20. The van der Waals surface area contributed by atoms with Crippen LogP contribution in [0, 0.1) is 0 Å². The summed E-state index contributed by atoms with van der Waals surface area (Å²) in [6.07, 6.45) is 12.3. The van der Waals surface area contributed by atoms with E-state index in [9.17, 15) is 63.3 Å². The molecule has 0 aliphatic heterocycles. The first kappa shape index (κ1) is 64.5. The Labute approximate surface area is 409 Å². The third-order valence-corrected chi connectivity index (χ3v) is 10.5. The van der Waals surface area contributed by atoms with Crippen molar-refractivity contribution in [2.45, 2.75) is 166 Å². The first-order valence-corrected chi connectivity index (χ1v) is 24.4. The Morgan fingerprint density at radius 2 is 0.771 bits per heavy atom. The molecule has 0 bridgehead atoms. The van der Waals surface area contributed by atoms with Gasteiger partial charge in [0.1, 0.15) is 25.3 Å². The number of carboxylic acid groups (broad SMARTS) is 4. The van der Waals surface area contributed by atoms with E-state index in [2.05, 4.69) is 26.6 Å². The lowest BCUT2D eigenvalue weighted by atomic mass is 10.0. The number of aliphatic carboxylic acids is 4. The zero-order valence-electron chi connectivity index (χ0n) is 40.6. The SMILES string of the molecule is NC(=O)COCCOCCNC(=O)COCCOCCNC(=O)CC[C@@H](CC(=O)O)NC(=O)CC[C@H](NC(=O)CC[C@H](NC(=O)CCCCCCCCCCCCCCCCC(=O)O)C(=O)O)C(=O)O. The minimum atomic E-state index is -1.53. The molecule has 24 nitrogen and oxygen atoms in total. The van der Waals surface area contributed by atoms with E-state index in [0.717, 1.165) is 57.8 Å². The highest BCUT2D eigenvalue weighted by Crippen LogP contribution is 2.14. The van der Waals surface area contributed by atoms with E-state index in [1.165, 1.54) is 25.7 Å². The lowest BCUT2D eigenvalue weighted by molar-refractivity contribution is -0.143. The molecule has 0 rings (SSSR count). The molecule has 24 heteroatoms. The Morgan fingerprint density at radius 3 is 1.21 bits per heavy atom. The van der Waals surface area contributed by atoms with Crippen LogP contribution in [0.5, 0.6) is 0 Å². The van der Waals surface area contributed by atoms with Crippen molar-refractivity contribution in [1.29, 1.82) is 0 Å². The number of carboxylic acids is 4. The molecule has 0 spiro atoms. The predicted molar refractivity (Wildman–Crippen MR) is 251 cm³/mol. The Morgan fingerprint density at radius 1 is 0.386 bits per heavy atom. The second kappa shape index (κ2) is 43.6. The quantitative estimate of drug-likeness (QED) is 0.0386. The minimum absolute atomic E-state index is 0.0531. The standard InChI is InChI=1S/C46H80N6O18/c47-37(53)32-69-29-27-68-26-24-49-42(58)33-70-30-28-67-25-23-48-38(54)20-17-34(31-44(61)62)50-40(56)21-18-36(46(65)66)52-41(57)22-19-35(45(63)64)51-39(55)15-13-11-9-7-5-3-1-2-4-6-8-10-12-14-16-43(59)60/h34-36H,1-33H2,(H2,47,53)(H,48,54)(H,49,58)(H,50,56)(H,51,55)(H,52,57)(H,59,60)(H,61,62)(H,63,64)(H,65,66)/t34-,35-,36-/m0/s1. The van der Waals surface area contributed by atoms with E-state index < -0.39 is 90.8 Å². The summed E-state index contributed by atoms with van der Waals surface area (Å²) in [6.45, 7) is 0.948. The fraction of sp³-hybridized carbons (Fsp3) is 0.783. The molecule has 70 heavy (non-hydrogen) atoms. The lowest BCUT2D eigenvalue weighted by Crippen LogP contribution is -2.44. The molecule has 6 amide bonds. The first-order chi connectivity index (χ1) is 33.5. The number of carbonyl (C=O) groups is 10. The Kier molecular flexibility index (Phi) is 40.2. The number of nitrogens with two attached hydrogens (primary N) is 1. The molecule has 0 unspecified atom stereocenters. The lowest BCUT2D eigenvalue weighted by Gasteiger charge is -2.19. The van der Waals surface area contributed by atoms with Crippen molar-refractivity contribution < 1.29 is 87.3 Å².